The van der Waals surface area contributed by atoms with E-state index in [0.29, 0.717) is 6.42 Å². The third kappa shape index (κ3) is 3.20. The fraction of sp³-hybridized carbons (Fsp3) is 0.462. The predicted molar refractivity (Wildman–Crippen MR) is 65.8 cm³/mol. The van der Waals surface area contributed by atoms with Crippen LogP contribution in [0.2, 0.25) is 0 Å². The van der Waals surface area contributed by atoms with Gasteiger partial charge in [0.25, 0.3) is 0 Å². The average Bonchev–Trinajstić information content (AvgIpc) is 2.64. The first-order valence-electron chi connectivity index (χ1n) is 5.87. The van der Waals surface area contributed by atoms with E-state index in [4.69, 9.17) is 0 Å². The average molecular weight is 234 g/mol. The molecule has 1 atom stereocenters. The molecule has 0 spiro atoms. The standard InChI is InChI=1S/C13H18N2O2/c1-13(5-6-14-9-13)15-12(17)8-10-3-2-4-11(16)7-10/h2-4,7,14,16H,5-6,8-9H2,1H3,(H,15,17). The summed E-state index contributed by atoms with van der Waals surface area (Å²) in [7, 11) is 0. The Morgan fingerprint density at radius 1 is 1.59 bits per heavy atom. The molecule has 0 radical (unpaired) electrons. The van der Waals surface area contributed by atoms with E-state index >= 15 is 0 Å². The van der Waals surface area contributed by atoms with Gasteiger partial charge in [0.15, 0.2) is 0 Å². The molecular weight excluding hydrogens is 216 g/mol. The number of aromatic hydroxyl groups is 1. The van der Waals surface area contributed by atoms with Crippen LogP contribution in [0.15, 0.2) is 24.3 Å². The molecule has 1 unspecified atom stereocenters. The van der Waals surface area contributed by atoms with Gasteiger partial charge < -0.3 is 15.7 Å². The molecule has 1 aliphatic rings. The van der Waals surface area contributed by atoms with Crippen LogP contribution in [0.4, 0.5) is 0 Å². The molecule has 1 heterocycles. The van der Waals surface area contributed by atoms with Crippen LogP contribution in [0.5, 0.6) is 5.75 Å². The molecule has 17 heavy (non-hydrogen) atoms. The quantitative estimate of drug-likeness (QED) is 0.725. The predicted octanol–water partition coefficient (Wildman–Crippen LogP) is 0.803. The Bertz CT molecular complexity index is 412. The molecule has 4 heteroatoms. The third-order valence-electron chi connectivity index (χ3n) is 3.09. The zero-order chi connectivity index (χ0) is 12.3. The maximum atomic E-state index is 11.9. The molecule has 0 saturated carbocycles. The van der Waals surface area contributed by atoms with Crippen molar-refractivity contribution in [1.82, 2.24) is 10.6 Å². The first-order valence-corrected chi connectivity index (χ1v) is 5.87. The van der Waals surface area contributed by atoms with Crippen LogP contribution in [-0.4, -0.2) is 29.6 Å². The lowest BCUT2D eigenvalue weighted by molar-refractivity contribution is -0.122. The van der Waals surface area contributed by atoms with Crippen molar-refractivity contribution in [3.05, 3.63) is 29.8 Å². The first kappa shape index (κ1) is 11.9. The summed E-state index contributed by atoms with van der Waals surface area (Å²) < 4.78 is 0. The van der Waals surface area contributed by atoms with E-state index in [1.165, 1.54) is 0 Å². The van der Waals surface area contributed by atoms with E-state index in [1.54, 1.807) is 18.2 Å². The molecule has 1 aromatic carbocycles. The van der Waals surface area contributed by atoms with Gasteiger partial charge in [0.2, 0.25) is 5.91 Å². The topological polar surface area (TPSA) is 61.4 Å². The first-order chi connectivity index (χ1) is 8.07. The number of rotatable bonds is 3. The molecular formula is C13H18N2O2. The Morgan fingerprint density at radius 2 is 2.41 bits per heavy atom. The molecule has 4 nitrogen and oxygen atoms in total. The van der Waals surface area contributed by atoms with Gasteiger partial charge in [0, 0.05) is 6.54 Å². The molecule has 1 saturated heterocycles. The van der Waals surface area contributed by atoms with Gasteiger partial charge in [-0.2, -0.15) is 0 Å². The summed E-state index contributed by atoms with van der Waals surface area (Å²) in [6, 6.07) is 6.81. The summed E-state index contributed by atoms with van der Waals surface area (Å²) in [6.45, 7) is 3.81. The highest BCUT2D eigenvalue weighted by molar-refractivity contribution is 5.79. The van der Waals surface area contributed by atoms with Gasteiger partial charge in [-0.05, 0) is 37.6 Å². The van der Waals surface area contributed by atoms with E-state index in [2.05, 4.69) is 10.6 Å². The molecule has 1 amide bonds. The summed E-state index contributed by atoms with van der Waals surface area (Å²) >= 11 is 0. The number of amides is 1. The largest absolute Gasteiger partial charge is 0.508 e. The summed E-state index contributed by atoms with van der Waals surface area (Å²) in [5.74, 6) is 0.200. The molecule has 0 aliphatic carbocycles. The normalized spacial score (nSPS) is 23.6. The summed E-state index contributed by atoms with van der Waals surface area (Å²) in [5, 5.41) is 15.6. The lowest BCUT2D eigenvalue weighted by atomic mass is 10.0. The number of hydrogen-bond donors (Lipinski definition) is 3. The van der Waals surface area contributed by atoms with Crippen LogP contribution in [-0.2, 0) is 11.2 Å². The van der Waals surface area contributed by atoms with Crippen molar-refractivity contribution >= 4 is 5.91 Å². The van der Waals surface area contributed by atoms with Crippen molar-refractivity contribution in [3.8, 4) is 5.75 Å². The molecule has 0 aromatic heterocycles. The maximum Gasteiger partial charge on any atom is 0.224 e. The van der Waals surface area contributed by atoms with Gasteiger partial charge in [-0.25, -0.2) is 0 Å². The number of nitrogens with one attached hydrogen (secondary N) is 2. The zero-order valence-electron chi connectivity index (χ0n) is 9.99. The van der Waals surface area contributed by atoms with Gasteiger partial charge in [-0.3, -0.25) is 4.79 Å². The highest BCUT2D eigenvalue weighted by Gasteiger charge is 2.29. The van der Waals surface area contributed by atoms with E-state index in [0.717, 1.165) is 25.1 Å². The summed E-state index contributed by atoms with van der Waals surface area (Å²) in [6.07, 6.45) is 1.27. The zero-order valence-corrected chi connectivity index (χ0v) is 9.99. The van der Waals surface area contributed by atoms with Gasteiger partial charge in [0.05, 0.1) is 12.0 Å². The van der Waals surface area contributed by atoms with Crippen molar-refractivity contribution < 1.29 is 9.90 Å². The van der Waals surface area contributed by atoms with Crippen molar-refractivity contribution in [2.75, 3.05) is 13.1 Å². The van der Waals surface area contributed by atoms with E-state index in [9.17, 15) is 9.90 Å². The Kier molecular flexibility index (Phi) is 3.33. The third-order valence-corrected chi connectivity index (χ3v) is 3.09. The highest BCUT2D eigenvalue weighted by Crippen LogP contribution is 2.15. The van der Waals surface area contributed by atoms with Gasteiger partial charge in [-0.15, -0.1) is 0 Å². The Balaban J connectivity index is 1.93. The fourth-order valence-corrected chi connectivity index (χ4v) is 2.16. The van der Waals surface area contributed by atoms with Crippen LogP contribution in [0.1, 0.15) is 18.9 Å². The van der Waals surface area contributed by atoms with Crippen LogP contribution in [0.25, 0.3) is 0 Å². The minimum absolute atomic E-state index is 0.00167. The number of hydrogen-bond acceptors (Lipinski definition) is 3. The Labute approximate surface area is 101 Å². The van der Waals surface area contributed by atoms with Gasteiger partial charge in [-0.1, -0.05) is 12.1 Å². The van der Waals surface area contributed by atoms with Crippen LogP contribution in [0.3, 0.4) is 0 Å². The molecule has 1 fully saturated rings. The van der Waals surface area contributed by atoms with Crippen molar-refractivity contribution in [2.24, 2.45) is 0 Å². The van der Waals surface area contributed by atoms with Crippen molar-refractivity contribution in [1.29, 1.82) is 0 Å². The molecule has 2 rings (SSSR count). The smallest absolute Gasteiger partial charge is 0.224 e. The number of phenolic OH excluding ortho intramolecular Hbond substituents is 1. The Morgan fingerprint density at radius 3 is 3.06 bits per heavy atom. The minimum Gasteiger partial charge on any atom is -0.508 e. The van der Waals surface area contributed by atoms with Gasteiger partial charge in [0.1, 0.15) is 5.75 Å². The van der Waals surface area contributed by atoms with Crippen LogP contribution >= 0.6 is 0 Å². The van der Waals surface area contributed by atoms with E-state index < -0.39 is 0 Å². The number of benzene rings is 1. The SMILES string of the molecule is CC1(NC(=O)Cc2cccc(O)c2)CCNC1. The number of carbonyl (C=O) groups excluding carboxylic acids is 1. The number of carbonyl (C=O) groups is 1. The summed E-state index contributed by atoms with van der Waals surface area (Å²) in [4.78, 5) is 11.9. The second-order valence-electron chi connectivity index (χ2n) is 4.88. The molecule has 3 N–H and O–H groups in total. The second kappa shape index (κ2) is 4.75. The molecule has 92 valence electrons. The minimum atomic E-state index is -0.131. The Hall–Kier alpha value is -1.55. The molecule has 0 bridgehead atoms. The maximum absolute atomic E-state index is 11.9. The van der Waals surface area contributed by atoms with Crippen LogP contribution in [0, 0.1) is 0 Å². The van der Waals surface area contributed by atoms with Gasteiger partial charge >= 0.3 is 0 Å². The number of phenols is 1. The molecule has 1 aromatic rings. The second-order valence-corrected chi connectivity index (χ2v) is 4.88. The lowest BCUT2D eigenvalue weighted by Gasteiger charge is -2.24. The monoisotopic (exact) mass is 234 g/mol. The molecule has 1 aliphatic heterocycles. The van der Waals surface area contributed by atoms with Crippen molar-refractivity contribution in [2.45, 2.75) is 25.3 Å². The lowest BCUT2D eigenvalue weighted by Crippen LogP contribution is -2.48. The van der Waals surface area contributed by atoms with Crippen molar-refractivity contribution in [3.63, 3.8) is 0 Å². The summed E-state index contributed by atoms with van der Waals surface area (Å²) in [5.41, 5.74) is 0.700. The highest BCUT2D eigenvalue weighted by atomic mass is 16.3. The fourth-order valence-electron chi connectivity index (χ4n) is 2.16. The van der Waals surface area contributed by atoms with Crippen LogP contribution < -0.4 is 10.6 Å². The van der Waals surface area contributed by atoms with E-state index in [-0.39, 0.29) is 17.2 Å². The van der Waals surface area contributed by atoms with E-state index in [1.807, 2.05) is 13.0 Å².